The van der Waals surface area contributed by atoms with Crippen LogP contribution in [0.5, 0.6) is 5.75 Å². The van der Waals surface area contributed by atoms with Gasteiger partial charge in [-0.05, 0) is 42.9 Å². The van der Waals surface area contributed by atoms with Crippen LogP contribution in [0.1, 0.15) is 31.1 Å². The molecule has 0 radical (unpaired) electrons. The Morgan fingerprint density at radius 3 is 2.75 bits per heavy atom. The highest BCUT2D eigenvalue weighted by atomic mass is 32.2. The molecule has 0 bridgehead atoms. The number of hydrogen-bond acceptors (Lipinski definition) is 3. The molecule has 2 nitrogen and oxygen atoms in total. The second-order valence-corrected chi connectivity index (χ2v) is 5.14. The lowest BCUT2D eigenvalue weighted by Crippen LogP contribution is -2.02. The number of benzene rings is 1. The van der Waals surface area contributed by atoms with E-state index in [4.69, 9.17) is 4.74 Å². The molecule has 0 aliphatic rings. The fourth-order valence-electron chi connectivity index (χ4n) is 1.45. The minimum absolute atomic E-state index is 0.414. The summed E-state index contributed by atoms with van der Waals surface area (Å²) >= 11 is 1.88. The molecule has 90 valence electrons. The van der Waals surface area contributed by atoms with E-state index in [1.54, 1.807) is 6.92 Å². The van der Waals surface area contributed by atoms with E-state index < -0.39 is 6.10 Å². The molecule has 0 spiro atoms. The van der Waals surface area contributed by atoms with E-state index >= 15 is 0 Å². The van der Waals surface area contributed by atoms with Crippen molar-refractivity contribution in [1.29, 1.82) is 0 Å². The summed E-state index contributed by atoms with van der Waals surface area (Å²) in [5.41, 5.74) is 2.02. The van der Waals surface area contributed by atoms with Gasteiger partial charge in [0.15, 0.2) is 0 Å². The molecule has 1 atom stereocenters. The van der Waals surface area contributed by atoms with Gasteiger partial charge in [-0.1, -0.05) is 13.0 Å². The molecule has 1 aromatic rings. The maximum atomic E-state index is 9.44. The Kier molecular flexibility index (Phi) is 5.71. The second-order valence-electron chi connectivity index (χ2n) is 3.75. The normalized spacial score (nSPS) is 12.5. The third-order valence-corrected chi connectivity index (χ3v) is 3.23. The van der Waals surface area contributed by atoms with Gasteiger partial charge in [0, 0.05) is 5.75 Å². The van der Waals surface area contributed by atoms with Gasteiger partial charge < -0.3 is 9.84 Å². The third kappa shape index (κ3) is 4.06. The lowest BCUT2D eigenvalue weighted by molar-refractivity contribution is 0.199. The summed E-state index contributed by atoms with van der Waals surface area (Å²) < 4.78 is 5.67. The van der Waals surface area contributed by atoms with Crippen molar-refractivity contribution in [3.63, 3.8) is 0 Å². The Bertz CT molecular complexity index is 324. The number of aliphatic hydroxyl groups excluding tert-OH is 1. The maximum absolute atomic E-state index is 9.44. The summed E-state index contributed by atoms with van der Waals surface area (Å²) in [4.78, 5) is 0. The largest absolute Gasteiger partial charge is 0.492 e. The second kappa shape index (κ2) is 6.81. The molecule has 1 unspecified atom stereocenters. The molecular weight excluding hydrogens is 220 g/mol. The predicted octanol–water partition coefficient (Wildman–Crippen LogP) is 3.18. The van der Waals surface area contributed by atoms with Crippen molar-refractivity contribution in [1.82, 2.24) is 0 Å². The topological polar surface area (TPSA) is 29.5 Å². The smallest absolute Gasteiger partial charge is 0.122 e. The van der Waals surface area contributed by atoms with Crippen molar-refractivity contribution in [2.24, 2.45) is 0 Å². The fraction of sp³-hybridized carbons (Fsp3) is 0.538. The van der Waals surface area contributed by atoms with Crippen molar-refractivity contribution in [3.05, 3.63) is 29.3 Å². The monoisotopic (exact) mass is 240 g/mol. The van der Waals surface area contributed by atoms with E-state index in [1.807, 2.05) is 36.9 Å². The molecule has 0 aliphatic carbocycles. The van der Waals surface area contributed by atoms with Gasteiger partial charge in [-0.2, -0.15) is 11.8 Å². The van der Waals surface area contributed by atoms with Gasteiger partial charge in [0.25, 0.3) is 0 Å². The SMILES string of the molecule is CCSCCOc1ccc(C(C)O)cc1C. The third-order valence-electron chi connectivity index (χ3n) is 2.37. The van der Waals surface area contributed by atoms with Gasteiger partial charge >= 0.3 is 0 Å². The van der Waals surface area contributed by atoms with E-state index in [-0.39, 0.29) is 0 Å². The lowest BCUT2D eigenvalue weighted by atomic mass is 10.1. The molecule has 1 aromatic carbocycles. The fourth-order valence-corrected chi connectivity index (χ4v) is 1.94. The van der Waals surface area contributed by atoms with Gasteiger partial charge in [-0.3, -0.25) is 0 Å². The summed E-state index contributed by atoms with van der Waals surface area (Å²) in [6.45, 7) is 6.67. The number of ether oxygens (including phenoxy) is 1. The Balaban J connectivity index is 2.54. The molecule has 0 saturated carbocycles. The van der Waals surface area contributed by atoms with Crippen LogP contribution in [0.25, 0.3) is 0 Å². The summed E-state index contributed by atoms with van der Waals surface area (Å²) in [6, 6.07) is 5.83. The summed E-state index contributed by atoms with van der Waals surface area (Å²) in [5, 5.41) is 9.44. The van der Waals surface area contributed by atoms with Gasteiger partial charge in [0.2, 0.25) is 0 Å². The number of aliphatic hydroxyl groups is 1. The van der Waals surface area contributed by atoms with E-state index in [0.29, 0.717) is 0 Å². The minimum atomic E-state index is -0.414. The standard InChI is InChI=1S/C13H20O2S/c1-4-16-8-7-15-13-6-5-12(11(3)14)9-10(13)2/h5-6,9,11,14H,4,7-8H2,1-3H3. The van der Waals surface area contributed by atoms with E-state index in [1.165, 1.54) is 0 Å². The van der Waals surface area contributed by atoms with Crippen LogP contribution in [0, 0.1) is 6.92 Å². The molecule has 0 amide bonds. The highest BCUT2D eigenvalue weighted by Gasteiger charge is 2.04. The quantitative estimate of drug-likeness (QED) is 0.774. The molecule has 1 rings (SSSR count). The van der Waals surface area contributed by atoms with E-state index in [2.05, 4.69) is 6.92 Å². The van der Waals surface area contributed by atoms with Crippen LogP contribution in [0.4, 0.5) is 0 Å². The minimum Gasteiger partial charge on any atom is -0.492 e. The molecule has 3 heteroatoms. The summed E-state index contributed by atoms with van der Waals surface area (Å²) in [7, 11) is 0. The Morgan fingerprint density at radius 2 is 2.19 bits per heavy atom. The van der Waals surface area contributed by atoms with Crippen molar-refractivity contribution in [3.8, 4) is 5.75 Å². The highest BCUT2D eigenvalue weighted by Crippen LogP contribution is 2.22. The van der Waals surface area contributed by atoms with Crippen molar-refractivity contribution >= 4 is 11.8 Å². The average molecular weight is 240 g/mol. The number of thioether (sulfide) groups is 1. The Labute approximate surface area is 102 Å². The zero-order valence-corrected chi connectivity index (χ0v) is 11.0. The number of aryl methyl sites for hydroxylation is 1. The van der Waals surface area contributed by atoms with Crippen LogP contribution < -0.4 is 4.74 Å². The predicted molar refractivity (Wildman–Crippen MR) is 70.3 cm³/mol. The zero-order chi connectivity index (χ0) is 12.0. The summed E-state index contributed by atoms with van der Waals surface area (Å²) in [6.07, 6.45) is -0.414. The van der Waals surface area contributed by atoms with Crippen LogP contribution in [0.2, 0.25) is 0 Å². The molecule has 0 aliphatic heterocycles. The molecule has 0 fully saturated rings. The molecule has 16 heavy (non-hydrogen) atoms. The molecule has 0 saturated heterocycles. The molecule has 1 N–H and O–H groups in total. The summed E-state index contributed by atoms with van der Waals surface area (Å²) in [5.74, 6) is 3.07. The van der Waals surface area contributed by atoms with Gasteiger partial charge in [-0.15, -0.1) is 0 Å². The van der Waals surface area contributed by atoms with Crippen LogP contribution >= 0.6 is 11.8 Å². The van der Waals surface area contributed by atoms with Gasteiger partial charge in [0.05, 0.1) is 12.7 Å². The van der Waals surface area contributed by atoms with Crippen LogP contribution in [-0.2, 0) is 0 Å². The maximum Gasteiger partial charge on any atom is 0.122 e. The van der Waals surface area contributed by atoms with E-state index in [9.17, 15) is 5.11 Å². The first-order valence-electron chi connectivity index (χ1n) is 5.64. The van der Waals surface area contributed by atoms with Gasteiger partial charge in [-0.25, -0.2) is 0 Å². The van der Waals surface area contributed by atoms with Crippen molar-refractivity contribution in [2.75, 3.05) is 18.1 Å². The Morgan fingerprint density at radius 1 is 1.44 bits per heavy atom. The first kappa shape index (κ1) is 13.4. The van der Waals surface area contributed by atoms with Gasteiger partial charge in [0.1, 0.15) is 5.75 Å². The highest BCUT2D eigenvalue weighted by molar-refractivity contribution is 7.99. The zero-order valence-electron chi connectivity index (χ0n) is 10.2. The lowest BCUT2D eigenvalue weighted by Gasteiger charge is -2.11. The number of rotatable bonds is 6. The first-order chi connectivity index (χ1) is 7.65. The number of hydrogen-bond donors (Lipinski definition) is 1. The van der Waals surface area contributed by atoms with Crippen molar-refractivity contribution < 1.29 is 9.84 Å². The molecular formula is C13H20O2S. The molecule has 0 heterocycles. The van der Waals surface area contributed by atoms with E-state index in [0.717, 1.165) is 35.0 Å². The Hall–Kier alpha value is -0.670. The van der Waals surface area contributed by atoms with Crippen LogP contribution in [0.3, 0.4) is 0 Å². The van der Waals surface area contributed by atoms with Crippen LogP contribution in [0.15, 0.2) is 18.2 Å². The van der Waals surface area contributed by atoms with Crippen LogP contribution in [-0.4, -0.2) is 23.2 Å². The molecule has 0 aromatic heterocycles. The van der Waals surface area contributed by atoms with Crippen molar-refractivity contribution in [2.45, 2.75) is 26.9 Å². The average Bonchev–Trinajstić information content (AvgIpc) is 2.26. The first-order valence-corrected chi connectivity index (χ1v) is 6.79.